The van der Waals surface area contributed by atoms with Crippen molar-refractivity contribution in [2.75, 3.05) is 5.73 Å². The molecule has 134 valence electrons. The predicted molar refractivity (Wildman–Crippen MR) is 101 cm³/mol. The van der Waals surface area contributed by atoms with Gasteiger partial charge in [0.1, 0.15) is 17.6 Å². The molecule has 0 saturated carbocycles. The van der Waals surface area contributed by atoms with E-state index in [-0.39, 0.29) is 17.6 Å². The van der Waals surface area contributed by atoms with Crippen molar-refractivity contribution < 1.29 is 9.90 Å². The molecule has 3 heterocycles. The van der Waals surface area contributed by atoms with Crippen LogP contribution < -0.4 is 16.8 Å². The number of nitrogens with zero attached hydrogens (tertiary/aromatic N) is 2. The Morgan fingerprint density at radius 2 is 1.96 bits per heavy atom. The third-order valence-corrected chi connectivity index (χ3v) is 5.16. The van der Waals surface area contributed by atoms with Crippen LogP contribution in [0.5, 0.6) is 5.75 Å². The molecular formula is C19H21N5O2. The number of fused-ring (bicyclic) bond motifs is 3. The third-order valence-electron chi connectivity index (χ3n) is 5.16. The number of aromatic nitrogens is 1. The van der Waals surface area contributed by atoms with Crippen LogP contribution in [0, 0.1) is 13.8 Å². The molecule has 4 rings (SSSR count). The highest BCUT2D eigenvalue weighted by atomic mass is 16.3. The zero-order valence-corrected chi connectivity index (χ0v) is 14.9. The molecule has 2 aromatic rings. The Morgan fingerprint density at radius 3 is 2.65 bits per heavy atom. The smallest absolute Gasteiger partial charge is 0.267 e. The van der Waals surface area contributed by atoms with E-state index in [1.54, 1.807) is 10.6 Å². The van der Waals surface area contributed by atoms with Gasteiger partial charge < -0.3 is 31.4 Å². The third kappa shape index (κ3) is 1.97. The summed E-state index contributed by atoms with van der Waals surface area (Å²) in [5, 5.41) is 13.5. The molecule has 1 amide bonds. The molecule has 2 aliphatic rings. The van der Waals surface area contributed by atoms with Crippen LogP contribution in [0.2, 0.25) is 0 Å². The first-order chi connectivity index (χ1) is 12.3. The summed E-state index contributed by atoms with van der Waals surface area (Å²) in [5.74, 6) is -0.406. The van der Waals surface area contributed by atoms with Crippen molar-refractivity contribution in [3.8, 4) is 16.9 Å². The second-order valence-corrected chi connectivity index (χ2v) is 6.72. The molecular weight excluding hydrogens is 330 g/mol. The maximum Gasteiger partial charge on any atom is 0.267 e. The van der Waals surface area contributed by atoms with Crippen LogP contribution in [0.1, 0.15) is 40.4 Å². The van der Waals surface area contributed by atoms with Gasteiger partial charge in [-0.25, -0.2) is 0 Å². The number of nitrogen functional groups attached to an aromatic ring is 1. The molecule has 1 aromatic carbocycles. The first-order valence-electron chi connectivity index (χ1n) is 8.35. The Hall–Kier alpha value is -3.35. The standard InChI is InChI=1S/C19H21N5O2/c1-9-4-5-12(25)11(3)13(9)14-15(20)17(18(21)26)24-8-10(2)23-7-6-22-19(23)16(14)24/h4-8,19,22,25H,20H2,1-3H3,(H2,21,26). The fraction of sp³-hybridized carbons (Fsp3) is 0.211. The Balaban J connectivity index is 2.13. The summed E-state index contributed by atoms with van der Waals surface area (Å²) in [7, 11) is 0. The van der Waals surface area contributed by atoms with Gasteiger partial charge in [-0.05, 0) is 43.5 Å². The van der Waals surface area contributed by atoms with Crippen molar-refractivity contribution in [2.24, 2.45) is 5.73 Å². The predicted octanol–water partition coefficient (Wildman–Crippen LogP) is 2.37. The van der Waals surface area contributed by atoms with Gasteiger partial charge in [0.2, 0.25) is 0 Å². The van der Waals surface area contributed by atoms with E-state index < -0.39 is 5.91 Å². The highest BCUT2D eigenvalue weighted by molar-refractivity contribution is 6.03. The lowest BCUT2D eigenvalue weighted by Gasteiger charge is -2.32. The number of nitrogens with one attached hydrogen (secondary N) is 1. The summed E-state index contributed by atoms with van der Waals surface area (Å²) in [6, 6.07) is 3.50. The van der Waals surface area contributed by atoms with Crippen molar-refractivity contribution in [3.05, 3.63) is 52.7 Å². The zero-order chi connectivity index (χ0) is 18.7. The van der Waals surface area contributed by atoms with E-state index in [1.165, 1.54) is 0 Å². The van der Waals surface area contributed by atoms with Crippen molar-refractivity contribution in [3.63, 3.8) is 0 Å². The normalized spacial score (nSPS) is 17.6. The topological polar surface area (TPSA) is 110 Å². The van der Waals surface area contributed by atoms with Gasteiger partial charge in [0.15, 0.2) is 0 Å². The quantitative estimate of drug-likeness (QED) is 0.664. The molecule has 0 aliphatic carbocycles. The van der Waals surface area contributed by atoms with Crippen LogP contribution >= 0.6 is 0 Å². The highest BCUT2D eigenvalue weighted by Gasteiger charge is 2.37. The number of anilines is 1. The number of phenolic OH excluding ortho intramolecular Hbond substituents is 1. The van der Waals surface area contributed by atoms with Crippen LogP contribution in [0.3, 0.4) is 0 Å². The minimum atomic E-state index is -0.589. The van der Waals surface area contributed by atoms with Gasteiger partial charge in [-0.15, -0.1) is 0 Å². The number of hydrogen-bond acceptors (Lipinski definition) is 5. The Kier molecular flexibility index (Phi) is 3.30. The number of aromatic hydroxyl groups is 1. The molecule has 6 N–H and O–H groups in total. The van der Waals surface area contributed by atoms with Crippen molar-refractivity contribution in [1.82, 2.24) is 14.8 Å². The van der Waals surface area contributed by atoms with Gasteiger partial charge in [0.05, 0.1) is 11.4 Å². The lowest BCUT2D eigenvalue weighted by molar-refractivity contribution is 0.0994. The molecule has 26 heavy (non-hydrogen) atoms. The van der Waals surface area contributed by atoms with E-state index in [2.05, 4.69) is 10.2 Å². The van der Waals surface area contributed by atoms with Crippen LogP contribution in [0.15, 0.2) is 30.2 Å². The summed E-state index contributed by atoms with van der Waals surface area (Å²) in [6.07, 6.45) is 5.46. The minimum absolute atomic E-state index is 0.183. The number of benzene rings is 1. The minimum Gasteiger partial charge on any atom is -0.508 e. The molecule has 7 nitrogen and oxygen atoms in total. The fourth-order valence-electron chi connectivity index (χ4n) is 3.93. The molecule has 0 spiro atoms. The highest BCUT2D eigenvalue weighted by Crippen LogP contribution is 2.46. The van der Waals surface area contributed by atoms with Crippen LogP contribution in [-0.4, -0.2) is 20.5 Å². The van der Waals surface area contributed by atoms with Gasteiger partial charge in [-0.2, -0.15) is 0 Å². The summed E-state index contributed by atoms with van der Waals surface area (Å²) in [4.78, 5) is 14.2. The van der Waals surface area contributed by atoms with E-state index in [4.69, 9.17) is 11.5 Å². The summed E-state index contributed by atoms with van der Waals surface area (Å²) in [6.45, 7) is 5.75. The number of phenols is 1. The fourth-order valence-corrected chi connectivity index (χ4v) is 3.93. The number of carbonyl (C=O) groups is 1. The SMILES string of the molecule is CC1=Cn2c(C(N)=O)c(N)c(-c3c(C)ccc(O)c3C)c2C2NC=CN12. The van der Waals surface area contributed by atoms with E-state index >= 15 is 0 Å². The first-order valence-corrected chi connectivity index (χ1v) is 8.35. The average Bonchev–Trinajstić information content (AvgIpc) is 3.15. The first kappa shape index (κ1) is 16.1. The maximum absolute atomic E-state index is 12.2. The Labute approximate surface area is 151 Å². The van der Waals surface area contributed by atoms with Gasteiger partial charge >= 0.3 is 0 Å². The molecule has 1 atom stereocenters. The Bertz CT molecular complexity index is 1020. The molecule has 0 bridgehead atoms. The number of amides is 1. The molecule has 0 fully saturated rings. The number of carbonyl (C=O) groups excluding carboxylic acids is 1. The number of nitrogens with two attached hydrogens (primary N) is 2. The van der Waals surface area contributed by atoms with Gasteiger partial charge in [0, 0.05) is 29.9 Å². The number of allylic oxidation sites excluding steroid dienone is 1. The molecule has 0 saturated heterocycles. The molecule has 0 radical (unpaired) electrons. The van der Waals surface area contributed by atoms with Gasteiger partial charge in [-0.3, -0.25) is 4.79 Å². The lowest BCUT2D eigenvalue weighted by atomic mass is 9.92. The number of rotatable bonds is 2. The van der Waals surface area contributed by atoms with E-state index in [0.717, 1.165) is 28.1 Å². The lowest BCUT2D eigenvalue weighted by Crippen LogP contribution is -2.32. The largest absolute Gasteiger partial charge is 0.508 e. The van der Waals surface area contributed by atoms with Crippen molar-refractivity contribution in [1.29, 1.82) is 0 Å². The number of aryl methyl sites for hydroxylation is 1. The summed E-state index contributed by atoms with van der Waals surface area (Å²) >= 11 is 0. The molecule has 2 aliphatic heterocycles. The van der Waals surface area contributed by atoms with Gasteiger partial charge in [0.25, 0.3) is 5.91 Å². The van der Waals surface area contributed by atoms with Crippen molar-refractivity contribution in [2.45, 2.75) is 26.9 Å². The monoisotopic (exact) mass is 351 g/mol. The number of primary amides is 1. The maximum atomic E-state index is 12.2. The van der Waals surface area contributed by atoms with Crippen LogP contribution in [0.4, 0.5) is 5.69 Å². The molecule has 1 aromatic heterocycles. The van der Waals surface area contributed by atoms with Gasteiger partial charge in [-0.1, -0.05) is 6.07 Å². The Morgan fingerprint density at radius 1 is 1.23 bits per heavy atom. The second kappa shape index (κ2) is 5.32. The van der Waals surface area contributed by atoms with E-state index in [9.17, 15) is 9.90 Å². The zero-order valence-electron chi connectivity index (χ0n) is 14.9. The second-order valence-electron chi connectivity index (χ2n) is 6.72. The number of hydrogen-bond donors (Lipinski definition) is 4. The average molecular weight is 351 g/mol. The van der Waals surface area contributed by atoms with Crippen molar-refractivity contribution >= 4 is 17.8 Å². The van der Waals surface area contributed by atoms with Crippen LogP contribution in [0.25, 0.3) is 17.3 Å². The van der Waals surface area contributed by atoms with E-state index in [0.29, 0.717) is 11.3 Å². The summed E-state index contributed by atoms with van der Waals surface area (Å²) < 4.78 is 1.77. The van der Waals surface area contributed by atoms with Crippen LogP contribution in [-0.2, 0) is 0 Å². The molecule has 1 unspecified atom stereocenters. The van der Waals surface area contributed by atoms with E-state index in [1.807, 2.05) is 45.4 Å². The molecule has 7 heteroatoms. The summed E-state index contributed by atoms with van der Waals surface area (Å²) in [5.41, 5.74) is 17.7.